The van der Waals surface area contributed by atoms with Gasteiger partial charge in [-0.15, -0.1) is 4.59 Å². The molecule has 11 heteroatoms. The summed E-state index contributed by atoms with van der Waals surface area (Å²) in [7, 11) is 0. The molecule has 1 fully saturated rings. The maximum atomic E-state index is 13.0. The van der Waals surface area contributed by atoms with E-state index >= 15 is 0 Å². The van der Waals surface area contributed by atoms with Crippen molar-refractivity contribution in [2.24, 2.45) is 10.8 Å². The first-order valence-corrected chi connectivity index (χ1v) is 13.9. The second-order valence-electron chi connectivity index (χ2n) is 11.3. The van der Waals surface area contributed by atoms with Crippen molar-refractivity contribution in [1.82, 2.24) is 19.5 Å². The van der Waals surface area contributed by atoms with E-state index in [1.54, 1.807) is 36.8 Å². The molecule has 214 valence electrons. The van der Waals surface area contributed by atoms with Crippen LogP contribution in [-0.4, -0.2) is 64.5 Å². The molecule has 3 aromatic rings. The summed E-state index contributed by atoms with van der Waals surface area (Å²) in [6, 6.07) is 16.3. The third kappa shape index (κ3) is 6.06. The molecule has 0 bridgehead atoms. The molecule has 2 atom stereocenters. The average Bonchev–Trinajstić information content (AvgIpc) is 3.30. The number of fused-ring (bicyclic) bond motifs is 1. The average molecular weight is 558 g/mol. The highest BCUT2D eigenvalue weighted by Gasteiger charge is 2.39. The number of para-hydroxylation sites is 1. The Morgan fingerprint density at radius 3 is 2.68 bits per heavy atom. The van der Waals surface area contributed by atoms with Gasteiger partial charge < -0.3 is 19.9 Å². The van der Waals surface area contributed by atoms with Gasteiger partial charge in [0.1, 0.15) is 11.3 Å². The first-order valence-electron chi connectivity index (χ1n) is 13.9. The lowest BCUT2D eigenvalue weighted by atomic mass is 10.0. The molecule has 1 saturated heterocycles. The van der Waals surface area contributed by atoms with Crippen LogP contribution in [0.1, 0.15) is 50.9 Å². The van der Waals surface area contributed by atoms with Crippen molar-refractivity contribution >= 4 is 47.2 Å². The summed E-state index contributed by atoms with van der Waals surface area (Å²) in [5.41, 5.74) is 1.84. The maximum Gasteiger partial charge on any atom is 0.338 e. The Balaban J connectivity index is 1.34. The number of nitrogens with two attached hydrogens (primary N) is 1. The third-order valence-electron chi connectivity index (χ3n) is 7.14. The van der Waals surface area contributed by atoms with Crippen molar-refractivity contribution in [3.63, 3.8) is 0 Å². The Hall–Kier alpha value is -4.35. The quantitative estimate of drug-likeness (QED) is 0.244. The van der Waals surface area contributed by atoms with E-state index in [0.717, 1.165) is 18.5 Å². The molecule has 0 radical (unpaired) electrons. The normalized spacial score (nSPS) is 19.9. The van der Waals surface area contributed by atoms with Crippen molar-refractivity contribution in [1.29, 1.82) is 0 Å². The molecule has 2 unspecified atom stereocenters. The summed E-state index contributed by atoms with van der Waals surface area (Å²) in [5.74, 6) is 7.50. The predicted molar refractivity (Wildman–Crippen MR) is 161 cm³/mol. The highest BCUT2D eigenvalue weighted by atomic mass is 16.6. The van der Waals surface area contributed by atoms with Gasteiger partial charge in [-0.25, -0.2) is 14.6 Å². The molecule has 0 spiro atoms. The summed E-state index contributed by atoms with van der Waals surface area (Å²) in [5, 5.41) is 2.99. The minimum atomic E-state index is -0.601. The lowest BCUT2D eigenvalue weighted by Gasteiger charge is -2.39. The number of quaternary nitrogens is 1. The number of benzene rings is 2. The number of hydrogen-bond donors (Lipinski definition) is 2. The fourth-order valence-electron chi connectivity index (χ4n) is 5.17. The Bertz CT molecular complexity index is 1460. The number of aromatic nitrogens is 2. The minimum absolute atomic E-state index is 0.0488. The number of carbonyl (C=O) groups excluding carboxylic acids is 2. The fourth-order valence-corrected chi connectivity index (χ4v) is 5.17. The molecule has 2 amide bonds. The highest BCUT2D eigenvalue weighted by molar-refractivity contribution is 5.97. The fraction of sp³-hybridized carbons (Fsp3) is 0.367. The lowest BCUT2D eigenvalue weighted by molar-refractivity contribution is 0.00695. The number of ether oxygens (including phenoxy) is 1. The molecule has 3 heterocycles. The van der Waals surface area contributed by atoms with Crippen LogP contribution in [-0.2, 0) is 4.74 Å². The van der Waals surface area contributed by atoms with Crippen molar-refractivity contribution in [3.05, 3.63) is 66.4 Å². The van der Waals surface area contributed by atoms with E-state index in [1.165, 1.54) is 0 Å². The van der Waals surface area contributed by atoms with Gasteiger partial charge in [-0.2, -0.15) is 15.8 Å². The number of rotatable bonds is 6. The van der Waals surface area contributed by atoms with Crippen LogP contribution in [0.4, 0.5) is 33.6 Å². The van der Waals surface area contributed by atoms with E-state index in [4.69, 9.17) is 15.6 Å². The number of likely N-dealkylation sites (tertiary alicyclic amines) is 1. The Morgan fingerprint density at radius 2 is 1.95 bits per heavy atom. The van der Waals surface area contributed by atoms with Crippen molar-refractivity contribution < 1.29 is 14.3 Å². The van der Waals surface area contributed by atoms with Gasteiger partial charge in [0.05, 0.1) is 5.56 Å². The molecule has 11 nitrogen and oxygen atoms in total. The zero-order valence-corrected chi connectivity index (χ0v) is 23.9. The van der Waals surface area contributed by atoms with Crippen LogP contribution in [0.2, 0.25) is 0 Å². The van der Waals surface area contributed by atoms with Crippen molar-refractivity contribution in [2.45, 2.75) is 52.2 Å². The second-order valence-corrected chi connectivity index (χ2v) is 11.3. The van der Waals surface area contributed by atoms with E-state index in [0.29, 0.717) is 48.3 Å². The topological polar surface area (TPSA) is 126 Å². The highest BCUT2D eigenvalue weighted by Crippen LogP contribution is 2.41. The van der Waals surface area contributed by atoms with E-state index in [9.17, 15) is 9.59 Å². The number of carbonyl (C=O) groups is 2. The molecule has 2 aliphatic heterocycles. The number of nitrogens with zero attached hydrogens (tertiary/aromatic N) is 6. The van der Waals surface area contributed by atoms with Gasteiger partial charge in [0.25, 0.3) is 5.82 Å². The van der Waals surface area contributed by atoms with Crippen LogP contribution in [0.3, 0.4) is 0 Å². The Morgan fingerprint density at radius 1 is 1.17 bits per heavy atom. The SMILES string of the molecule is CCN(c1nccc([N+]2(N)C=Nc3cc(C(=O)OC(C)(C)C)ccc32)n1)C1CCCN(C(=O)Nc2ccccc2)C1. The molecule has 41 heavy (non-hydrogen) atoms. The summed E-state index contributed by atoms with van der Waals surface area (Å²) < 4.78 is 5.25. The molecule has 5 rings (SSSR count). The molecule has 0 saturated carbocycles. The molecular formula is C30H37N8O3+. The van der Waals surface area contributed by atoms with Crippen molar-refractivity contribution in [3.8, 4) is 0 Å². The number of urea groups is 1. The molecule has 1 aromatic heterocycles. The van der Waals surface area contributed by atoms with Gasteiger partial charge in [0.15, 0.2) is 5.69 Å². The van der Waals surface area contributed by atoms with Crippen LogP contribution in [0.25, 0.3) is 0 Å². The van der Waals surface area contributed by atoms with Gasteiger partial charge in [-0.05, 0) is 64.8 Å². The monoisotopic (exact) mass is 557 g/mol. The summed E-state index contributed by atoms with van der Waals surface area (Å²) in [4.78, 5) is 43.5. The van der Waals surface area contributed by atoms with Gasteiger partial charge in [-0.3, -0.25) is 0 Å². The Kier molecular flexibility index (Phi) is 7.74. The zero-order valence-electron chi connectivity index (χ0n) is 23.9. The van der Waals surface area contributed by atoms with E-state index in [1.807, 2.05) is 56.0 Å². The molecule has 2 aliphatic rings. The van der Waals surface area contributed by atoms with E-state index in [2.05, 4.69) is 27.1 Å². The van der Waals surface area contributed by atoms with Crippen LogP contribution in [0.15, 0.2) is 65.8 Å². The predicted octanol–water partition coefficient (Wildman–Crippen LogP) is 5.14. The summed E-state index contributed by atoms with van der Waals surface area (Å²) in [6.07, 6.45) is 5.08. The largest absolute Gasteiger partial charge is 0.456 e. The third-order valence-corrected chi connectivity index (χ3v) is 7.14. The van der Waals surface area contributed by atoms with Crippen LogP contribution >= 0.6 is 0 Å². The smallest absolute Gasteiger partial charge is 0.338 e. The van der Waals surface area contributed by atoms with Crippen molar-refractivity contribution in [2.75, 3.05) is 29.9 Å². The number of hydrogen-bond acceptors (Lipinski definition) is 8. The lowest BCUT2D eigenvalue weighted by Crippen LogP contribution is -2.52. The van der Waals surface area contributed by atoms with Gasteiger partial charge in [0, 0.05) is 49.7 Å². The van der Waals surface area contributed by atoms with Gasteiger partial charge >= 0.3 is 12.0 Å². The number of nitrogens with one attached hydrogen (secondary N) is 1. The maximum absolute atomic E-state index is 13.0. The minimum Gasteiger partial charge on any atom is -0.456 e. The second kappa shape index (κ2) is 11.3. The van der Waals surface area contributed by atoms with Gasteiger partial charge in [-0.1, -0.05) is 18.2 Å². The molecule has 0 aliphatic carbocycles. The molecule has 3 N–H and O–H groups in total. The summed E-state index contributed by atoms with van der Waals surface area (Å²) >= 11 is 0. The number of aliphatic imine (C=N–C) groups is 1. The number of esters is 1. The standard InChI is InChI=1S/C30H36N8O3/c1-5-37(23-12-9-17-36(19-23)29(40)34-22-10-7-6-8-11-22)28-32-16-15-26(35-28)38(31)20-33-24-18-21(13-14-25(24)38)27(39)41-30(2,3)4/h6-8,10-11,13-16,18,20,23H,5,9,12,17,19,31H2,1-4H3/p+1. The Labute approximate surface area is 240 Å². The zero-order chi connectivity index (χ0) is 29.2. The first kappa shape index (κ1) is 28.2. The first-order chi connectivity index (χ1) is 19.6. The van der Waals surface area contributed by atoms with E-state index in [-0.39, 0.29) is 16.7 Å². The van der Waals surface area contributed by atoms with Crippen LogP contribution in [0.5, 0.6) is 0 Å². The number of anilines is 2. The number of amides is 2. The van der Waals surface area contributed by atoms with Crippen LogP contribution in [0, 0.1) is 0 Å². The number of piperidine rings is 1. The van der Waals surface area contributed by atoms with Crippen LogP contribution < -0.4 is 20.7 Å². The van der Waals surface area contributed by atoms with E-state index < -0.39 is 11.6 Å². The molecular weight excluding hydrogens is 520 g/mol. The number of likely N-dealkylation sites (N-methyl/N-ethyl adjacent to an activating group) is 1. The summed E-state index contributed by atoms with van der Waals surface area (Å²) in [6.45, 7) is 9.45. The molecule has 2 aromatic carbocycles. The van der Waals surface area contributed by atoms with Gasteiger partial charge in [0.2, 0.25) is 12.3 Å².